The van der Waals surface area contributed by atoms with E-state index in [1.807, 2.05) is 0 Å². The summed E-state index contributed by atoms with van der Waals surface area (Å²) in [6, 6.07) is 3.25. The highest BCUT2D eigenvalue weighted by atomic mass is 32.2. The van der Waals surface area contributed by atoms with E-state index in [0.717, 1.165) is 0 Å². The summed E-state index contributed by atoms with van der Waals surface area (Å²) in [7, 11) is -0.933. The smallest absolute Gasteiger partial charge is 0.244 e. The third-order valence-corrected chi connectivity index (χ3v) is 6.64. The number of primary amides is 1. The average molecular weight is 356 g/mol. The van der Waals surface area contributed by atoms with Crippen LogP contribution < -0.4 is 10.5 Å². The Hall–Kier alpha value is -1.64. The fourth-order valence-corrected chi connectivity index (χ4v) is 5.38. The van der Waals surface area contributed by atoms with Gasteiger partial charge in [0.25, 0.3) is 0 Å². The van der Waals surface area contributed by atoms with Crippen LogP contribution in [0.5, 0.6) is 5.75 Å². The number of sulfonamides is 1. The Balaban J connectivity index is 2.58. The van der Waals surface area contributed by atoms with Crippen LogP contribution in [0, 0.1) is 13.8 Å². The van der Waals surface area contributed by atoms with Crippen molar-refractivity contribution >= 4 is 15.9 Å². The summed E-state index contributed by atoms with van der Waals surface area (Å²) in [5, 5.41) is 0. The number of carbonyl (C=O) groups is 1. The van der Waals surface area contributed by atoms with Gasteiger partial charge in [0, 0.05) is 13.7 Å². The second kappa shape index (κ2) is 6.70. The van der Waals surface area contributed by atoms with Crippen LogP contribution in [-0.2, 0) is 19.6 Å². The zero-order chi connectivity index (χ0) is 18.1. The largest absolute Gasteiger partial charge is 0.496 e. The highest BCUT2D eigenvalue weighted by Gasteiger charge is 2.52. The Kier molecular flexibility index (Phi) is 5.22. The Morgan fingerprint density at radius 2 is 1.96 bits per heavy atom. The van der Waals surface area contributed by atoms with Crippen molar-refractivity contribution in [1.29, 1.82) is 0 Å². The highest BCUT2D eigenvalue weighted by molar-refractivity contribution is 7.89. The van der Waals surface area contributed by atoms with Gasteiger partial charge in [-0.2, -0.15) is 4.31 Å². The van der Waals surface area contributed by atoms with Gasteiger partial charge < -0.3 is 15.2 Å². The molecule has 1 unspecified atom stereocenters. The SMILES string of the molecule is COCC1(C(N)=O)CCCN1S(=O)(=O)c1cc(C)c(OC)cc1C. The van der Waals surface area contributed by atoms with Crippen LogP contribution in [0.3, 0.4) is 0 Å². The first-order chi connectivity index (χ1) is 11.2. The van der Waals surface area contributed by atoms with Gasteiger partial charge in [-0.25, -0.2) is 8.42 Å². The van der Waals surface area contributed by atoms with Crippen LogP contribution >= 0.6 is 0 Å². The number of methoxy groups -OCH3 is 2. The average Bonchev–Trinajstić information content (AvgIpc) is 2.95. The number of carbonyl (C=O) groups excluding carboxylic acids is 1. The Morgan fingerprint density at radius 1 is 1.29 bits per heavy atom. The first kappa shape index (κ1) is 18.7. The predicted molar refractivity (Wildman–Crippen MR) is 89.4 cm³/mol. The lowest BCUT2D eigenvalue weighted by atomic mass is 9.98. The van der Waals surface area contributed by atoms with Gasteiger partial charge in [0.05, 0.1) is 18.6 Å². The number of aryl methyl sites for hydroxylation is 2. The van der Waals surface area contributed by atoms with Crippen LogP contribution in [0.25, 0.3) is 0 Å². The van der Waals surface area contributed by atoms with E-state index in [9.17, 15) is 13.2 Å². The van der Waals surface area contributed by atoms with E-state index in [1.54, 1.807) is 26.0 Å². The first-order valence-corrected chi connectivity index (χ1v) is 9.11. The molecule has 0 radical (unpaired) electrons. The van der Waals surface area contributed by atoms with Crippen LogP contribution in [0.15, 0.2) is 17.0 Å². The van der Waals surface area contributed by atoms with Crippen molar-refractivity contribution in [2.75, 3.05) is 27.4 Å². The van der Waals surface area contributed by atoms with Gasteiger partial charge in [-0.3, -0.25) is 4.79 Å². The molecule has 7 nitrogen and oxygen atoms in total. The number of hydrogen-bond acceptors (Lipinski definition) is 5. The molecule has 1 heterocycles. The number of nitrogens with two attached hydrogens (primary N) is 1. The minimum Gasteiger partial charge on any atom is -0.496 e. The minimum absolute atomic E-state index is 0.0598. The predicted octanol–water partition coefficient (Wildman–Crippen LogP) is 0.967. The molecule has 0 bridgehead atoms. The maximum Gasteiger partial charge on any atom is 0.244 e. The molecular weight excluding hydrogens is 332 g/mol. The number of hydrogen-bond donors (Lipinski definition) is 1. The third kappa shape index (κ3) is 2.89. The zero-order valence-corrected chi connectivity index (χ0v) is 15.3. The Morgan fingerprint density at radius 3 is 2.50 bits per heavy atom. The van der Waals surface area contributed by atoms with Crippen molar-refractivity contribution in [2.24, 2.45) is 5.73 Å². The second-order valence-corrected chi connectivity index (χ2v) is 7.93. The molecule has 8 heteroatoms. The molecule has 1 atom stereocenters. The molecule has 1 aliphatic rings. The molecule has 1 aromatic carbocycles. The van der Waals surface area contributed by atoms with Crippen LogP contribution in [-0.4, -0.2) is 51.5 Å². The second-order valence-electron chi connectivity index (χ2n) is 6.10. The maximum atomic E-state index is 13.2. The van der Waals surface area contributed by atoms with Crippen molar-refractivity contribution in [1.82, 2.24) is 4.31 Å². The third-order valence-electron chi connectivity index (χ3n) is 4.53. The number of ether oxygens (including phenoxy) is 2. The molecular formula is C16H24N2O5S. The molecule has 24 heavy (non-hydrogen) atoms. The number of amides is 1. The summed E-state index contributed by atoms with van der Waals surface area (Å²) < 4.78 is 38.0. The minimum atomic E-state index is -3.89. The standard InChI is InChI=1S/C16H24N2O5S/c1-11-9-14(12(2)8-13(11)23-4)24(20,21)18-7-5-6-16(18,10-22-3)15(17)19/h8-9H,5-7,10H2,1-4H3,(H2,17,19). The van der Waals surface area contributed by atoms with Crippen molar-refractivity contribution in [3.63, 3.8) is 0 Å². The lowest BCUT2D eigenvalue weighted by Crippen LogP contribution is -2.58. The van der Waals surface area contributed by atoms with Gasteiger partial charge in [0.1, 0.15) is 11.3 Å². The van der Waals surface area contributed by atoms with E-state index in [-0.39, 0.29) is 18.0 Å². The summed E-state index contributed by atoms with van der Waals surface area (Å²) in [5.41, 5.74) is 5.47. The normalized spacial score (nSPS) is 21.8. The fraction of sp³-hybridized carbons (Fsp3) is 0.562. The van der Waals surface area contributed by atoms with E-state index in [1.165, 1.54) is 18.5 Å². The molecule has 1 fully saturated rings. The fourth-order valence-electron chi connectivity index (χ4n) is 3.28. The van der Waals surface area contributed by atoms with E-state index in [0.29, 0.717) is 29.7 Å². The van der Waals surface area contributed by atoms with Gasteiger partial charge in [-0.05, 0) is 49.9 Å². The molecule has 1 aliphatic heterocycles. The summed E-state index contributed by atoms with van der Waals surface area (Å²) in [6.45, 7) is 3.65. The van der Waals surface area contributed by atoms with E-state index in [2.05, 4.69) is 0 Å². The number of benzene rings is 1. The van der Waals surface area contributed by atoms with Gasteiger partial charge >= 0.3 is 0 Å². The Bertz CT molecular complexity index is 747. The van der Waals surface area contributed by atoms with E-state index in [4.69, 9.17) is 15.2 Å². The molecule has 1 saturated heterocycles. The molecule has 2 N–H and O–H groups in total. The van der Waals surface area contributed by atoms with Crippen LogP contribution in [0.2, 0.25) is 0 Å². The molecule has 2 rings (SSSR count). The molecule has 1 amide bonds. The lowest BCUT2D eigenvalue weighted by Gasteiger charge is -2.34. The maximum absolute atomic E-state index is 13.2. The van der Waals surface area contributed by atoms with Crippen molar-refractivity contribution in [3.05, 3.63) is 23.3 Å². The first-order valence-electron chi connectivity index (χ1n) is 7.67. The highest BCUT2D eigenvalue weighted by Crippen LogP contribution is 2.37. The van der Waals surface area contributed by atoms with Crippen LogP contribution in [0.1, 0.15) is 24.0 Å². The van der Waals surface area contributed by atoms with Crippen molar-refractivity contribution < 1.29 is 22.7 Å². The van der Waals surface area contributed by atoms with Gasteiger partial charge in [-0.15, -0.1) is 0 Å². The molecule has 134 valence electrons. The monoisotopic (exact) mass is 356 g/mol. The number of rotatable bonds is 6. The van der Waals surface area contributed by atoms with Gasteiger partial charge in [0.15, 0.2) is 0 Å². The quantitative estimate of drug-likeness (QED) is 0.819. The van der Waals surface area contributed by atoms with Gasteiger partial charge in [-0.1, -0.05) is 0 Å². The van der Waals surface area contributed by atoms with Crippen molar-refractivity contribution in [3.8, 4) is 5.75 Å². The molecule has 0 aliphatic carbocycles. The van der Waals surface area contributed by atoms with Gasteiger partial charge in [0.2, 0.25) is 15.9 Å². The molecule has 0 spiro atoms. The van der Waals surface area contributed by atoms with Crippen molar-refractivity contribution in [2.45, 2.75) is 37.1 Å². The summed E-state index contributed by atoms with van der Waals surface area (Å²) in [6.07, 6.45) is 0.906. The van der Waals surface area contributed by atoms with E-state index >= 15 is 0 Å². The molecule has 0 aromatic heterocycles. The molecule has 1 aromatic rings. The topological polar surface area (TPSA) is 98.9 Å². The zero-order valence-electron chi connectivity index (χ0n) is 14.5. The number of nitrogens with zero attached hydrogens (tertiary/aromatic N) is 1. The summed E-state index contributed by atoms with van der Waals surface area (Å²) >= 11 is 0. The summed E-state index contributed by atoms with van der Waals surface area (Å²) in [5.74, 6) is -0.0701. The summed E-state index contributed by atoms with van der Waals surface area (Å²) in [4.78, 5) is 12.2. The Labute approximate surface area is 142 Å². The molecule has 0 saturated carbocycles. The lowest BCUT2D eigenvalue weighted by molar-refractivity contribution is -0.128. The van der Waals surface area contributed by atoms with Crippen LogP contribution in [0.4, 0.5) is 0 Å². The van der Waals surface area contributed by atoms with E-state index < -0.39 is 21.5 Å².